The Bertz CT molecular complexity index is 626. The van der Waals surface area contributed by atoms with Gasteiger partial charge in [0.15, 0.2) is 23.1 Å². The fraction of sp³-hybridized carbons (Fsp3) is 0.182. The molecule has 5 nitrogen and oxygen atoms in total. The minimum Gasteiger partial charge on any atom is -0.346 e. The van der Waals surface area contributed by atoms with Gasteiger partial charge in [-0.2, -0.15) is 0 Å². The second kappa shape index (κ2) is 5.09. The lowest BCUT2D eigenvalue weighted by molar-refractivity contribution is 0.0945. The number of rotatable bonds is 3. The lowest BCUT2D eigenvalue weighted by Gasteiger charge is -2.05. The smallest absolute Gasteiger partial charge is 0.273 e. The Morgan fingerprint density at radius 3 is 2.68 bits per heavy atom. The third-order valence-electron chi connectivity index (χ3n) is 2.39. The SMILES string of the molecule is Cn1cc(C(=O)NCc2ccc(F)c(F)c2F)nn1. The van der Waals surface area contributed by atoms with E-state index in [0.29, 0.717) is 0 Å². The molecule has 0 fully saturated rings. The van der Waals surface area contributed by atoms with Gasteiger partial charge in [-0.15, -0.1) is 5.10 Å². The summed E-state index contributed by atoms with van der Waals surface area (Å²) in [4.78, 5) is 11.6. The molecule has 1 N–H and O–H groups in total. The maximum absolute atomic E-state index is 13.3. The lowest BCUT2D eigenvalue weighted by Crippen LogP contribution is -2.24. The van der Waals surface area contributed by atoms with E-state index in [-0.39, 0.29) is 17.8 Å². The van der Waals surface area contributed by atoms with Crippen LogP contribution in [0.2, 0.25) is 0 Å². The summed E-state index contributed by atoms with van der Waals surface area (Å²) in [5.41, 5.74) is -0.110. The van der Waals surface area contributed by atoms with Gasteiger partial charge in [-0.3, -0.25) is 9.48 Å². The molecule has 1 aromatic heterocycles. The lowest BCUT2D eigenvalue weighted by atomic mass is 10.2. The number of amides is 1. The fourth-order valence-electron chi connectivity index (χ4n) is 1.42. The van der Waals surface area contributed by atoms with Crippen molar-refractivity contribution in [2.24, 2.45) is 7.05 Å². The van der Waals surface area contributed by atoms with E-state index in [1.807, 2.05) is 0 Å². The molecule has 100 valence electrons. The summed E-state index contributed by atoms with van der Waals surface area (Å²) >= 11 is 0. The van der Waals surface area contributed by atoms with Gasteiger partial charge in [0.05, 0.1) is 6.20 Å². The van der Waals surface area contributed by atoms with Gasteiger partial charge >= 0.3 is 0 Å². The van der Waals surface area contributed by atoms with Crippen molar-refractivity contribution in [3.63, 3.8) is 0 Å². The number of hydrogen-bond acceptors (Lipinski definition) is 3. The highest BCUT2D eigenvalue weighted by atomic mass is 19.2. The van der Waals surface area contributed by atoms with E-state index in [1.165, 1.54) is 10.9 Å². The van der Waals surface area contributed by atoms with Crippen LogP contribution in [0.3, 0.4) is 0 Å². The summed E-state index contributed by atoms with van der Waals surface area (Å²) in [5, 5.41) is 9.45. The summed E-state index contributed by atoms with van der Waals surface area (Å²) < 4.78 is 40.3. The Morgan fingerprint density at radius 1 is 1.32 bits per heavy atom. The number of nitrogens with one attached hydrogen (secondary N) is 1. The monoisotopic (exact) mass is 270 g/mol. The van der Waals surface area contributed by atoms with Gasteiger partial charge < -0.3 is 5.32 Å². The first kappa shape index (κ1) is 13.1. The van der Waals surface area contributed by atoms with Crippen LogP contribution >= 0.6 is 0 Å². The minimum atomic E-state index is -1.56. The molecule has 0 saturated heterocycles. The minimum absolute atomic E-state index is 0.0468. The molecule has 0 spiro atoms. The van der Waals surface area contributed by atoms with E-state index in [9.17, 15) is 18.0 Å². The molecule has 0 aliphatic heterocycles. The van der Waals surface area contributed by atoms with Crippen molar-refractivity contribution in [1.29, 1.82) is 0 Å². The largest absolute Gasteiger partial charge is 0.346 e. The van der Waals surface area contributed by atoms with Gasteiger partial charge in [0.25, 0.3) is 5.91 Å². The van der Waals surface area contributed by atoms with Crippen LogP contribution in [0.1, 0.15) is 16.1 Å². The van der Waals surface area contributed by atoms with Crippen molar-refractivity contribution in [3.8, 4) is 0 Å². The molecule has 1 amide bonds. The normalized spacial score (nSPS) is 10.5. The van der Waals surface area contributed by atoms with E-state index in [4.69, 9.17) is 0 Å². The van der Waals surface area contributed by atoms with Gasteiger partial charge in [-0.25, -0.2) is 13.2 Å². The number of carbonyl (C=O) groups is 1. The van der Waals surface area contributed by atoms with Crippen LogP contribution in [-0.2, 0) is 13.6 Å². The van der Waals surface area contributed by atoms with E-state index in [1.54, 1.807) is 7.05 Å². The van der Waals surface area contributed by atoms with Crippen LogP contribution in [0.15, 0.2) is 18.3 Å². The van der Waals surface area contributed by atoms with E-state index in [2.05, 4.69) is 15.6 Å². The maximum Gasteiger partial charge on any atom is 0.273 e. The third kappa shape index (κ3) is 2.72. The topological polar surface area (TPSA) is 59.8 Å². The molecule has 8 heteroatoms. The highest BCUT2D eigenvalue weighted by molar-refractivity contribution is 5.91. The van der Waals surface area contributed by atoms with Crippen LogP contribution in [0, 0.1) is 17.5 Å². The molecule has 0 bridgehead atoms. The molecule has 2 aromatic rings. The van der Waals surface area contributed by atoms with Gasteiger partial charge in [-0.1, -0.05) is 11.3 Å². The first-order chi connectivity index (χ1) is 8.99. The van der Waals surface area contributed by atoms with E-state index < -0.39 is 23.4 Å². The summed E-state index contributed by atoms with van der Waals surface area (Å²) in [6.07, 6.45) is 1.37. The molecule has 0 radical (unpaired) electrons. The number of halogens is 3. The molecule has 1 aromatic carbocycles. The molecule has 0 aliphatic carbocycles. The van der Waals surface area contributed by atoms with Gasteiger partial charge in [0.1, 0.15) is 0 Å². The quantitative estimate of drug-likeness (QED) is 0.851. The number of benzene rings is 1. The zero-order chi connectivity index (χ0) is 14.0. The standard InChI is InChI=1S/C11H9F3N4O/c1-18-5-8(16-17-18)11(19)15-4-6-2-3-7(12)10(14)9(6)13/h2-3,5H,4H2,1H3,(H,15,19). The molecule has 0 atom stereocenters. The molecule has 19 heavy (non-hydrogen) atoms. The highest BCUT2D eigenvalue weighted by Crippen LogP contribution is 2.14. The van der Waals surface area contributed by atoms with Gasteiger partial charge in [0.2, 0.25) is 0 Å². The van der Waals surface area contributed by atoms with Crippen molar-refractivity contribution in [2.45, 2.75) is 6.54 Å². The van der Waals surface area contributed by atoms with Crippen molar-refractivity contribution in [3.05, 3.63) is 47.0 Å². The van der Waals surface area contributed by atoms with Gasteiger partial charge in [-0.05, 0) is 6.07 Å². The predicted molar refractivity (Wildman–Crippen MR) is 58.5 cm³/mol. The van der Waals surface area contributed by atoms with Crippen molar-refractivity contribution in [2.75, 3.05) is 0 Å². The Hall–Kier alpha value is -2.38. The molecular weight excluding hydrogens is 261 g/mol. The summed E-state index contributed by atoms with van der Waals surface area (Å²) in [6.45, 7) is -0.279. The number of carbonyl (C=O) groups excluding carboxylic acids is 1. The Morgan fingerprint density at radius 2 is 2.05 bits per heavy atom. The maximum atomic E-state index is 13.3. The second-order valence-corrected chi connectivity index (χ2v) is 3.79. The molecule has 2 rings (SSSR count). The first-order valence-electron chi connectivity index (χ1n) is 5.26. The average Bonchev–Trinajstić information content (AvgIpc) is 2.81. The zero-order valence-electron chi connectivity index (χ0n) is 9.82. The second-order valence-electron chi connectivity index (χ2n) is 3.79. The fourth-order valence-corrected chi connectivity index (χ4v) is 1.42. The highest BCUT2D eigenvalue weighted by Gasteiger charge is 2.15. The Balaban J connectivity index is 2.07. The van der Waals surface area contributed by atoms with Crippen molar-refractivity contribution < 1.29 is 18.0 Å². The summed E-state index contributed by atoms with van der Waals surface area (Å²) in [7, 11) is 1.58. The zero-order valence-corrected chi connectivity index (χ0v) is 9.82. The van der Waals surface area contributed by atoms with Crippen LogP contribution in [0.5, 0.6) is 0 Å². The van der Waals surface area contributed by atoms with Crippen molar-refractivity contribution >= 4 is 5.91 Å². The summed E-state index contributed by atoms with van der Waals surface area (Å²) in [6, 6.07) is 1.85. The third-order valence-corrected chi connectivity index (χ3v) is 2.39. The average molecular weight is 270 g/mol. The van der Waals surface area contributed by atoms with E-state index >= 15 is 0 Å². The number of aryl methyl sites for hydroxylation is 1. The Labute approximate surface area is 106 Å². The van der Waals surface area contributed by atoms with Gasteiger partial charge in [0, 0.05) is 19.2 Å². The van der Waals surface area contributed by atoms with Crippen LogP contribution < -0.4 is 5.32 Å². The number of aromatic nitrogens is 3. The Kier molecular flexibility index (Phi) is 3.50. The van der Waals surface area contributed by atoms with Crippen molar-refractivity contribution in [1.82, 2.24) is 20.3 Å². The van der Waals surface area contributed by atoms with E-state index in [0.717, 1.165) is 12.1 Å². The molecule has 0 saturated carbocycles. The number of nitrogens with zero attached hydrogens (tertiary/aromatic N) is 3. The van der Waals surface area contributed by atoms with Crippen LogP contribution in [-0.4, -0.2) is 20.9 Å². The van der Waals surface area contributed by atoms with Crippen LogP contribution in [0.25, 0.3) is 0 Å². The molecular formula is C11H9F3N4O. The molecule has 0 unspecified atom stereocenters. The molecule has 1 heterocycles. The summed E-state index contributed by atoms with van der Waals surface area (Å²) in [5.74, 6) is -4.75. The molecule has 0 aliphatic rings. The van der Waals surface area contributed by atoms with Crippen LogP contribution in [0.4, 0.5) is 13.2 Å². The first-order valence-corrected chi connectivity index (χ1v) is 5.26. The number of hydrogen-bond donors (Lipinski definition) is 1. The predicted octanol–water partition coefficient (Wildman–Crippen LogP) is 1.16.